The number of hydrogen-bond donors (Lipinski definition) is 0. The van der Waals surface area contributed by atoms with Crippen molar-refractivity contribution in [2.45, 2.75) is 12.3 Å². The van der Waals surface area contributed by atoms with Gasteiger partial charge < -0.3 is 9.13 Å². The summed E-state index contributed by atoms with van der Waals surface area (Å²) < 4.78 is 4.87. The zero-order chi connectivity index (χ0) is 30.2. The molecule has 0 fully saturated rings. The van der Waals surface area contributed by atoms with Crippen molar-refractivity contribution in [1.29, 1.82) is 0 Å². The Kier molecular flexibility index (Phi) is 5.44. The molecule has 9 aromatic rings. The van der Waals surface area contributed by atoms with E-state index in [2.05, 4.69) is 173 Å². The Morgan fingerprint density at radius 2 is 1.00 bits per heavy atom. The van der Waals surface area contributed by atoms with Crippen molar-refractivity contribution >= 4 is 66.4 Å². The predicted molar refractivity (Wildman–Crippen MR) is 195 cm³/mol. The van der Waals surface area contributed by atoms with Gasteiger partial charge in [0.25, 0.3) is 0 Å². The fraction of sp³-hybridized carbons (Fsp3) is 0.0455. The Balaban J connectivity index is 1.14. The van der Waals surface area contributed by atoms with Gasteiger partial charge in [-0.3, -0.25) is 0 Å². The summed E-state index contributed by atoms with van der Waals surface area (Å²) in [5, 5.41) is 11.6. The molecule has 0 radical (unpaired) electrons. The monoisotopic (exact) mass is 586 g/mol. The van der Waals surface area contributed by atoms with Crippen molar-refractivity contribution < 1.29 is 0 Å². The third kappa shape index (κ3) is 3.77. The van der Waals surface area contributed by atoms with Crippen LogP contribution in [0.5, 0.6) is 0 Å². The topological polar surface area (TPSA) is 9.86 Å². The number of para-hydroxylation sites is 2. The zero-order valence-corrected chi connectivity index (χ0v) is 25.3. The molecule has 0 saturated heterocycles. The van der Waals surface area contributed by atoms with Crippen molar-refractivity contribution in [1.82, 2.24) is 9.13 Å². The SMILES string of the molecule is C1=c2c(n(-c3ccc4ccccc4c3)c3ccccc23)=CCC1c1ccc2c(c1)c1ccccc1n2-c1ccc2ccccc2c1. The van der Waals surface area contributed by atoms with Gasteiger partial charge in [0.2, 0.25) is 0 Å². The lowest BCUT2D eigenvalue weighted by atomic mass is 9.90. The predicted octanol–water partition coefficient (Wildman–Crippen LogP) is 9.78. The highest BCUT2D eigenvalue weighted by Crippen LogP contribution is 2.36. The average molecular weight is 587 g/mol. The second-order valence-corrected chi connectivity index (χ2v) is 12.6. The first-order valence-electron chi connectivity index (χ1n) is 16.1. The van der Waals surface area contributed by atoms with Crippen LogP contribution in [0.15, 0.2) is 152 Å². The summed E-state index contributed by atoms with van der Waals surface area (Å²) in [6.07, 6.45) is 5.93. The molecule has 0 spiro atoms. The van der Waals surface area contributed by atoms with Gasteiger partial charge in [-0.1, -0.05) is 115 Å². The van der Waals surface area contributed by atoms with E-state index in [1.54, 1.807) is 0 Å². The van der Waals surface area contributed by atoms with Crippen LogP contribution in [0.3, 0.4) is 0 Å². The third-order valence-electron chi connectivity index (χ3n) is 9.99. The molecular formula is C44H30N2. The van der Waals surface area contributed by atoms with Crippen LogP contribution in [0.2, 0.25) is 0 Å². The van der Waals surface area contributed by atoms with E-state index in [0.29, 0.717) is 5.92 Å². The number of fused-ring (bicyclic) bond motifs is 8. The molecule has 0 aliphatic heterocycles. The van der Waals surface area contributed by atoms with Crippen LogP contribution in [0, 0.1) is 0 Å². The highest BCUT2D eigenvalue weighted by molar-refractivity contribution is 6.10. The minimum Gasteiger partial charge on any atom is -0.310 e. The van der Waals surface area contributed by atoms with Gasteiger partial charge in [0.15, 0.2) is 0 Å². The summed E-state index contributed by atoms with van der Waals surface area (Å²) in [6.45, 7) is 0. The van der Waals surface area contributed by atoms with Gasteiger partial charge in [0.1, 0.15) is 0 Å². The molecule has 2 aromatic heterocycles. The van der Waals surface area contributed by atoms with Crippen LogP contribution < -0.4 is 10.6 Å². The summed E-state index contributed by atoms with van der Waals surface area (Å²) in [5.41, 5.74) is 7.50. The largest absolute Gasteiger partial charge is 0.310 e. The molecule has 1 aliphatic carbocycles. The highest BCUT2D eigenvalue weighted by atomic mass is 15.0. The van der Waals surface area contributed by atoms with Crippen molar-refractivity contribution in [3.05, 3.63) is 168 Å². The first kappa shape index (κ1) is 25.5. The summed E-state index contributed by atoms with van der Waals surface area (Å²) in [5.74, 6) is 0.301. The number of nitrogens with zero attached hydrogens (tertiary/aromatic N) is 2. The average Bonchev–Trinajstić information content (AvgIpc) is 3.63. The molecule has 2 heterocycles. The smallest absolute Gasteiger partial charge is 0.0541 e. The van der Waals surface area contributed by atoms with E-state index in [0.717, 1.165) is 6.42 Å². The molecule has 1 aliphatic rings. The third-order valence-corrected chi connectivity index (χ3v) is 9.99. The molecule has 46 heavy (non-hydrogen) atoms. The fourth-order valence-electron chi connectivity index (χ4n) is 7.81. The van der Waals surface area contributed by atoms with Gasteiger partial charge in [-0.05, 0) is 82.1 Å². The molecule has 1 atom stereocenters. The second-order valence-electron chi connectivity index (χ2n) is 12.6. The molecule has 7 aromatic carbocycles. The lowest BCUT2D eigenvalue weighted by Gasteiger charge is -2.16. The fourth-order valence-corrected chi connectivity index (χ4v) is 7.81. The van der Waals surface area contributed by atoms with E-state index in [-0.39, 0.29) is 0 Å². The number of benzene rings is 7. The van der Waals surface area contributed by atoms with E-state index in [1.807, 2.05) is 0 Å². The number of aromatic nitrogens is 2. The normalized spacial score (nSPS) is 14.6. The lowest BCUT2D eigenvalue weighted by Crippen LogP contribution is -2.31. The maximum atomic E-state index is 2.51. The van der Waals surface area contributed by atoms with Crippen LogP contribution >= 0.6 is 0 Å². The van der Waals surface area contributed by atoms with Gasteiger partial charge in [-0.25, -0.2) is 0 Å². The van der Waals surface area contributed by atoms with E-state index in [4.69, 9.17) is 0 Å². The van der Waals surface area contributed by atoms with Crippen LogP contribution in [0.4, 0.5) is 0 Å². The van der Waals surface area contributed by atoms with Crippen LogP contribution in [-0.4, -0.2) is 9.13 Å². The molecule has 0 amide bonds. The molecule has 0 bridgehead atoms. The molecule has 2 nitrogen and oxygen atoms in total. The molecule has 10 rings (SSSR count). The summed E-state index contributed by atoms with van der Waals surface area (Å²) in [4.78, 5) is 0. The molecule has 0 saturated carbocycles. The van der Waals surface area contributed by atoms with E-state index < -0.39 is 0 Å². The first-order chi connectivity index (χ1) is 22.8. The summed E-state index contributed by atoms with van der Waals surface area (Å²) in [7, 11) is 0. The summed E-state index contributed by atoms with van der Waals surface area (Å²) >= 11 is 0. The van der Waals surface area contributed by atoms with Crippen molar-refractivity contribution in [3.8, 4) is 11.4 Å². The maximum absolute atomic E-state index is 2.51. The highest BCUT2D eigenvalue weighted by Gasteiger charge is 2.19. The number of rotatable bonds is 3. The zero-order valence-electron chi connectivity index (χ0n) is 25.3. The van der Waals surface area contributed by atoms with Gasteiger partial charge in [0.05, 0.1) is 16.6 Å². The van der Waals surface area contributed by atoms with Gasteiger partial charge in [-0.2, -0.15) is 0 Å². The Morgan fingerprint density at radius 1 is 0.435 bits per heavy atom. The minimum atomic E-state index is 0.301. The standard InChI is InChI=1S/C44H30N2/c1-3-11-31-25-35(21-17-29(31)9-1)45-41-15-7-5-13-37(41)39-27-33(19-23-43(39)45)34-20-24-44-40(28-34)38-14-6-8-16-42(38)46(44)36-22-18-30-10-2-4-12-32(30)26-36/h1-19,21-28,34H,20H2. The molecule has 0 N–H and O–H groups in total. The van der Waals surface area contributed by atoms with E-state index in [9.17, 15) is 0 Å². The second kappa shape index (κ2) is 9.82. The van der Waals surface area contributed by atoms with E-state index >= 15 is 0 Å². The number of hydrogen-bond acceptors (Lipinski definition) is 0. The Morgan fingerprint density at radius 3 is 1.72 bits per heavy atom. The Labute approximate surface area is 266 Å². The maximum Gasteiger partial charge on any atom is 0.0541 e. The molecular weight excluding hydrogens is 556 g/mol. The minimum absolute atomic E-state index is 0.301. The van der Waals surface area contributed by atoms with Crippen molar-refractivity contribution in [2.75, 3.05) is 0 Å². The molecule has 216 valence electrons. The lowest BCUT2D eigenvalue weighted by molar-refractivity contribution is 0.909. The van der Waals surface area contributed by atoms with Crippen LogP contribution in [-0.2, 0) is 0 Å². The first-order valence-corrected chi connectivity index (χ1v) is 16.1. The molecule has 1 unspecified atom stereocenters. The van der Waals surface area contributed by atoms with Gasteiger partial charge in [-0.15, -0.1) is 0 Å². The van der Waals surface area contributed by atoms with E-state index in [1.165, 1.54) is 81.8 Å². The summed E-state index contributed by atoms with van der Waals surface area (Å²) in [6, 6.07) is 55.6. The molecule has 2 heteroatoms. The van der Waals surface area contributed by atoms with Gasteiger partial charge in [0, 0.05) is 44.0 Å². The van der Waals surface area contributed by atoms with Crippen molar-refractivity contribution in [3.63, 3.8) is 0 Å². The van der Waals surface area contributed by atoms with Crippen LogP contribution in [0.1, 0.15) is 17.9 Å². The quantitative estimate of drug-likeness (QED) is 0.195. The van der Waals surface area contributed by atoms with Crippen molar-refractivity contribution in [2.24, 2.45) is 0 Å². The Hall–Kier alpha value is -5.86. The van der Waals surface area contributed by atoms with Gasteiger partial charge >= 0.3 is 0 Å². The Bertz CT molecular complexity index is 2790. The van der Waals surface area contributed by atoms with Crippen LogP contribution in [0.25, 0.3) is 77.8 Å².